The van der Waals surface area contributed by atoms with E-state index in [1.54, 1.807) is 24.7 Å². The van der Waals surface area contributed by atoms with Gasteiger partial charge >= 0.3 is 0 Å². The molecule has 0 aromatic carbocycles. The van der Waals surface area contributed by atoms with Gasteiger partial charge in [-0.15, -0.1) is 0 Å². The summed E-state index contributed by atoms with van der Waals surface area (Å²) in [6.07, 6.45) is 4.74. The van der Waals surface area contributed by atoms with E-state index in [0.717, 1.165) is 0 Å². The molecule has 0 bridgehead atoms. The predicted octanol–water partition coefficient (Wildman–Crippen LogP) is 0.0980. The van der Waals surface area contributed by atoms with E-state index in [0.29, 0.717) is 17.2 Å². The topological polar surface area (TPSA) is 104 Å². The van der Waals surface area contributed by atoms with Crippen LogP contribution in [0.4, 0.5) is 11.8 Å². The van der Waals surface area contributed by atoms with Gasteiger partial charge in [-0.2, -0.15) is 4.98 Å². The summed E-state index contributed by atoms with van der Waals surface area (Å²) in [7, 11) is 0. The summed E-state index contributed by atoms with van der Waals surface area (Å²) in [5.74, 6) is 0.448. The smallest absolute Gasteiger partial charge is 0.222 e. The zero-order valence-electron chi connectivity index (χ0n) is 7.25. The Morgan fingerprint density at radius 3 is 2.50 bits per heavy atom. The number of nitrogens with zero attached hydrogens (tertiary/aromatic N) is 4. The maximum atomic E-state index is 5.52. The highest BCUT2D eigenvalue weighted by Gasteiger charge is 2.03. The first-order valence-corrected chi connectivity index (χ1v) is 3.92. The van der Waals surface area contributed by atoms with Crippen molar-refractivity contribution in [2.24, 2.45) is 0 Å². The second-order valence-corrected chi connectivity index (χ2v) is 2.63. The van der Waals surface area contributed by atoms with Gasteiger partial charge in [-0.25, -0.2) is 4.98 Å². The molecule has 4 N–H and O–H groups in total. The first-order valence-electron chi connectivity index (χ1n) is 3.92. The average molecular weight is 188 g/mol. The van der Waals surface area contributed by atoms with Gasteiger partial charge in [0.15, 0.2) is 0 Å². The van der Waals surface area contributed by atoms with Crippen LogP contribution in [0.1, 0.15) is 0 Å². The molecule has 2 aromatic heterocycles. The molecule has 0 aliphatic carbocycles. The van der Waals surface area contributed by atoms with Crippen LogP contribution in [0.15, 0.2) is 24.7 Å². The molecule has 0 aliphatic heterocycles. The number of nitrogens with two attached hydrogens (primary N) is 2. The number of anilines is 2. The largest absolute Gasteiger partial charge is 0.384 e. The molecule has 0 unspecified atom stereocenters. The zero-order valence-corrected chi connectivity index (χ0v) is 7.25. The highest BCUT2D eigenvalue weighted by molar-refractivity contribution is 5.58. The molecule has 0 saturated heterocycles. The Morgan fingerprint density at radius 1 is 1.00 bits per heavy atom. The van der Waals surface area contributed by atoms with Gasteiger partial charge in [0.1, 0.15) is 11.5 Å². The molecule has 2 rings (SSSR count). The number of nitrogen functional groups attached to an aromatic ring is 2. The van der Waals surface area contributed by atoms with E-state index in [4.69, 9.17) is 11.5 Å². The van der Waals surface area contributed by atoms with Crippen LogP contribution in [0.5, 0.6) is 0 Å². The normalized spacial score (nSPS) is 10.0. The fourth-order valence-corrected chi connectivity index (χ4v) is 1.05. The van der Waals surface area contributed by atoms with Crippen molar-refractivity contribution in [1.82, 2.24) is 19.9 Å². The van der Waals surface area contributed by atoms with E-state index >= 15 is 0 Å². The molecule has 0 amide bonds. The summed E-state index contributed by atoms with van der Waals surface area (Å²) < 4.78 is 0. The van der Waals surface area contributed by atoms with Gasteiger partial charge in [0, 0.05) is 18.5 Å². The Morgan fingerprint density at radius 2 is 1.86 bits per heavy atom. The molecule has 0 atom stereocenters. The van der Waals surface area contributed by atoms with Crippen LogP contribution < -0.4 is 11.5 Å². The average Bonchev–Trinajstić information content (AvgIpc) is 2.18. The molecule has 0 spiro atoms. The minimum absolute atomic E-state index is 0.130. The van der Waals surface area contributed by atoms with Crippen LogP contribution in [0.2, 0.25) is 0 Å². The molecule has 6 heteroatoms. The Bertz CT molecular complexity index is 421. The molecular formula is C8H8N6. The predicted molar refractivity (Wildman–Crippen MR) is 51.9 cm³/mol. The lowest BCUT2D eigenvalue weighted by molar-refractivity contribution is 1.14. The van der Waals surface area contributed by atoms with Crippen LogP contribution in [-0.4, -0.2) is 19.9 Å². The third-order valence-corrected chi connectivity index (χ3v) is 1.59. The van der Waals surface area contributed by atoms with Crippen LogP contribution in [0.3, 0.4) is 0 Å². The lowest BCUT2D eigenvalue weighted by Gasteiger charge is -2.00. The molecule has 0 fully saturated rings. The maximum absolute atomic E-state index is 5.52. The summed E-state index contributed by atoms with van der Waals surface area (Å²) in [5.41, 5.74) is 12.2. The molecule has 14 heavy (non-hydrogen) atoms. The first-order chi connectivity index (χ1) is 6.75. The van der Waals surface area contributed by atoms with Gasteiger partial charge in [-0.3, -0.25) is 9.97 Å². The number of hydrogen-bond donors (Lipinski definition) is 2. The highest BCUT2D eigenvalue weighted by Crippen LogP contribution is 2.15. The van der Waals surface area contributed by atoms with Gasteiger partial charge in [0.2, 0.25) is 5.95 Å². The Kier molecular flexibility index (Phi) is 1.94. The fraction of sp³-hybridized carbons (Fsp3) is 0. The van der Waals surface area contributed by atoms with E-state index < -0.39 is 0 Å². The molecule has 2 aromatic rings. The summed E-state index contributed by atoms with van der Waals surface area (Å²) in [5, 5.41) is 0. The second-order valence-electron chi connectivity index (χ2n) is 2.63. The number of rotatable bonds is 1. The fourth-order valence-electron chi connectivity index (χ4n) is 1.05. The number of hydrogen-bond acceptors (Lipinski definition) is 6. The molecule has 0 radical (unpaired) electrons. The van der Waals surface area contributed by atoms with Crippen molar-refractivity contribution >= 4 is 11.8 Å². The van der Waals surface area contributed by atoms with Gasteiger partial charge in [-0.1, -0.05) is 0 Å². The molecule has 2 heterocycles. The van der Waals surface area contributed by atoms with Crippen LogP contribution in [0.25, 0.3) is 11.4 Å². The van der Waals surface area contributed by atoms with Gasteiger partial charge in [0.25, 0.3) is 0 Å². The Labute approximate surface area is 80.0 Å². The minimum Gasteiger partial charge on any atom is -0.384 e. The lowest BCUT2D eigenvalue weighted by atomic mass is 10.3. The third-order valence-electron chi connectivity index (χ3n) is 1.59. The van der Waals surface area contributed by atoms with Crippen LogP contribution in [-0.2, 0) is 0 Å². The SMILES string of the molecule is Nc1cc(-c2cnccn2)nc(N)n1. The Hall–Kier alpha value is -2.24. The quantitative estimate of drug-likeness (QED) is 0.657. The molecule has 0 saturated carbocycles. The summed E-state index contributed by atoms with van der Waals surface area (Å²) in [6, 6.07) is 1.60. The molecule has 0 aliphatic rings. The van der Waals surface area contributed by atoms with Crippen molar-refractivity contribution in [1.29, 1.82) is 0 Å². The highest BCUT2D eigenvalue weighted by atomic mass is 15.0. The van der Waals surface area contributed by atoms with Gasteiger partial charge in [-0.05, 0) is 0 Å². The van der Waals surface area contributed by atoms with Crippen molar-refractivity contribution in [2.45, 2.75) is 0 Å². The van der Waals surface area contributed by atoms with Crippen molar-refractivity contribution in [3.05, 3.63) is 24.7 Å². The minimum atomic E-state index is 0.130. The third kappa shape index (κ3) is 1.58. The van der Waals surface area contributed by atoms with E-state index in [2.05, 4.69) is 19.9 Å². The van der Waals surface area contributed by atoms with Crippen LogP contribution in [0, 0.1) is 0 Å². The lowest BCUT2D eigenvalue weighted by Crippen LogP contribution is -2.01. The standard InChI is InChI=1S/C8H8N6/c9-7-3-5(13-8(10)14-7)6-4-11-1-2-12-6/h1-4H,(H4,9,10,13,14). The summed E-state index contributed by atoms with van der Waals surface area (Å²) >= 11 is 0. The number of aromatic nitrogens is 4. The van der Waals surface area contributed by atoms with Crippen molar-refractivity contribution in [3.8, 4) is 11.4 Å². The first kappa shape index (κ1) is 8.36. The maximum Gasteiger partial charge on any atom is 0.222 e. The van der Waals surface area contributed by atoms with Crippen LogP contribution >= 0.6 is 0 Å². The van der Waals surface area contributed by atoms with Crippen molar-refractivity contribution in [2.75, 3.05) is 11.5 Å². The molecule has 70 valence electrons. The Balaban J connectivity index is 2.52. The van der Waals surface area contributed by atoms with Gasteiger partial charge < -0.3 is 11.5 Å². The monoisotopic (exact) mass is 188 g/mol. The molecule has 6 nitrogen and oxygen atoms in total. The molecular weight excluding hydrogens is 180 g/mol. The van der Waals surface area contributed by atoms with E-state index in [1.165, 1.54) is 0 Å². The zero-order chi connectivity index (χ0) is 9.97. The van der Waals surface area contributed by atoms with Gasteiger partial charge in [0.05, 0.1) is 11.9 Å². The van der Waals surface area contributed by atoms with Crippen molar-refractivity contribution in [3.63, 3.8) is 0 Å². The summed E-state index contributed by atoms with van der Waals surface area (Å²) in [6.45, 7) is 0. The van der Waals surface area contributed by atoms with E-state index in [9.17, 15) is 0 Å². The van der Waals surface area contributed by atoms with Crippen molar-refractivity contribution < 1.29 is 0 Å². The van der Waals surface area contributed by atoms with E-state index in [-0.39, 0.29) is 5.95 Å². The summed E-state index contributed by atoms with van der Waals surface area (Å²) in [4.78, 5) is 15.7. The second kappa shape index (κ2) is 3.25. The van der Waals surface area contributed by atoms with E-state index in [1.807, 2.05) is 0 Å².